The van der Waals surface area contributed by atoms with Crippen LogP contribution in [-0.4, -0.2) is 52.3 Å². The number of thioether (sulfide) groups is 1. The number of nitrogens with one attached hydrogen (secondary N) is 1. The molecule has 9 heteroatoms. The fraction of sp³-hybridized carbons (Fsp3) is 0.412. The van der Waals surface area contributed by atoms with Gasteiger partial charge in [0.1, 0.15) is 0 Å². The minimum absolute atomic E-state index is 0.139. The minimum Gasteiger partial charge on any atom is -0.351 e. The van der Waals surface area contributed by atoms with Crippen LogP contribution in [0.2, 0.25) is 0 Å². The summed E-state index contributed by atoms with van der Waals surface area (Å²) in [6.45, 7) is 2.94. The number of imide groups is 1. The van der Waals surface area contributed by atoms with Gasteiger partial charge in [-0.15, -0.1) is 0 Å². The summed E-state index contributed by atoms with van der Waals surface area (Å²) in [7, 11) is 3.93. The predicted molar refractivity (Wildman–Crippen MR) is 102 cm³/mol. The van der Waals surface area contributed by atoms with Gasteiger partial charge in [-0.25, -0.2) is 9.78 Å². The number of hydrogen-bond donors (Lipinski definition) is 2. The molecule has 0 fully saturated rings. The van der Waals surface area contributed by atoms with E-state index in [1.165, 1.54) is 0 Å². The fourth-order valence-electron chi connectivity index (χ4n) is 2.41. The lowest BCUT2D eigenvalue weighted by Crippen LogP contribution is -2.39. The molecule has 0 aliphatic carbocycles. The molecule has 140 valence electrons. The van der Waals surface area contributed by atoms with Crippen molar-refractivity contribution >= 4 is 34.6 Å². The molecule has 1 aromatic carbocycles. The molecule has 0 radical (unpaired) electrons. The molecule has 1 aromatic heterocycles. The van der Waals surface area contributed by atoms with Gasteiger partial charge in [0.15, 0.2) is 5.16 Å². The molecule has 0 saturated heterocycles. The van der Waals surface area contributed by atoms with Crippen LogP contribution >= 0.6 is 11.8 Å². The third kappa shape index (κ3) is 5.06. The largest absolute Gasteiger partial charge is 0.351 e. The van der Waals surface area contributed by atoms with Gasteiger partial charge in [-0.1, -0.05) is 23.9 Å². The van der Waals surface area contributed by atoms with Gasteiger partial charge in [0.2, 0.25) is 5.91 Å². The van der Waals surface area contributed by atoms with Gasteiger partial charge in [-0.05, 0) is 46.1 Å². The molecule has 26 heavy (non-hydrogen) atoms. The summed E-state index contributed by atoms with van der Waals surface area (Å²) in [5.74, 6) is -0.523. The van der Waals surface area contributed by atoms with Crippen LogP contribution in [-0.2, 0) is 11.3 Å². The second-order valence-electron chi connectivity index (χ2n) is 6.14. The maximum absolute atomic E-state index is 12.9. The van der Waals surface area contributed by atoms with Crippen molar-refractivity contribution in [1.29, 1.82) is 0 Å². The Morgan fingerprint density at radius 1 is 1.35 bits per heavy atom. The van der Waals surface area contributed by atoms with Crippen molar-refractivity contribution in [3.05, 3.63) is 34.6 Å². The number of hydrogen-bond acceptors (Lipinski definition) is 6. The number of nitrogens with two attached hydrogens (primary N) is 1. The normalized spacial score (nSPS) is 12.3. The van der Waals surface area contributed by atoms with Gasteiger partial charge >= 0.3 is 6.03 Å². The number of carbonyl (C=O) groups is 2. The Hall–Kier alpha value is -2.39. The Morgan fingerprint density at radius 2 is 2.04 bits per heavy atom. The number of fused-ring (bicyclic) bond motifs is 1. The Balaban J connectivity index is 2.36. The molecule has 0 saturated carbocycles. The van der Waals surface area contributed by atoms with Crippen LogP contribution in [0.25, 0.3) is 10.9 Å². The lowest BCUT2D eigenvalue weighted by Gasteiger charge is -2.16. The number of rotatable bonds is 7. The third-order valence-electron chi connectivity index (χ3n) is 3.71. The number of aromatic nitrogens is 2. The first-order valence-corrected chi connectivity index (χ1v) is 9.09. The van der Waals surface area contributed by atoms with E-state index >= 15 is 0 Å². The van der Waals surface area contributed by atoms with Crippen molar-refractivity contribution in [3.8, 4) is 0 Å². The number of nitrogens with zero attached hydrogens (tertiary/aromatic N) is 3. The number of para-hydroxylation sites is 1. The number of primary amides is 1. The summed E-state index contributed by atoms with van der Waals surface area (Å²) in [5, 5.41) is 2.40. The summed E-state index contributed by atoms with van der Waals surface area (Å²) in [6.07, 6.45) is 0.766. The van der Waals surface area contributed by atoms with Gasteiger partial charge in [-0.3, -0.25) is 19.5 Å². The minimum atomic E-state index is -0.905. The SMILES string of the molecule is C[C@@H](Sc1nc2ccccc2c(=O)n1CCCN(C)C)C(=O)NC(N)=O. The quantitative estimate of drug-likeness (QED) is 0.551. The number of benzene rings is 1. The standard InChI is InChI=1S/C17H23N5O3S/c1-11(14(23)20-16(18)25)26-17-19-13-8-5-4-7-12(13)15(24)22(17)10-6-9-21(2)3/h4-5,7-8,11H,6,9-10H2,1-3H3,(H3,18,20,23,25)/t11-/m1/s1. The molecular weight excluding hydrogens is 354 g/mol. The summed E-state index contributed by atoms with van der Waals surface area (Å²) in [5.41, 5.74) is 5.43. The van der Waals surface area contributed by atoms with Crippen LogP contribution in [0.15, 0.2) is 34.2 Å². The van der Waals surface area contributed by atoms with Gasteiger partial charge in [-0.2, -0.15) is 0 Å². The molecule has 0 bridgehead atoms. The topological polar surface area (TPSA) is 110 Å². The summed E-state index contributed by atoms with van der Waals surface area (Å²) >= 11 is 1.13. The number of carbonyl (C=O) groups excluding carboxylic acids is 2. The summed E-state index contributed by atoms with van der Waals surface area (Å²) in [6, 6.07) is 6.20. The third-order valence-corrected chi connectivity index (χ3v) is 4.80. The Bertz CT molecular complexity index is 865. The van der Waals surface area contributed by atoms with E-state index in [2.05, 4.69) is 4.98 Å². The predicted octanol–water partition coefficient (Wildman–Crippen LogP) is 1.02. The zero-order valence-corrected chi connectivity index (χ0v) is 15.9. The summed E-state index contributed by atoms with van der Waals surface area (Å²) < 4.78 is 1.59. The summed E-state index contributed by atoms with van der Waals surface area (Å²) in [4.78, 5) is 42.3. The molecule has 1 heterocycles. The molecule has 0 aliphatic rings. The van der Waals surface area contributed by atoms with Crippen molar-refractivity contribution in [2.45, 2.75) is 30.3 Å². The lowest BCUT2D eigenvalue weighted by molar-refractivity contribution is -0.119. The monoisotopic (exact) mass is 377 g/mol. The van der Waals surface area contributed by atoms with Crippen LogP contribution < -0.4 is 16.6 Å². The highest BCUT2D eigenvalue weighted by atomic mass is 32.2. The van der Waals surface area contributed by atoms with E-state index in [1.807, 2.05) is 30.4 Å². The number of amides is 3. The van der Waals surface area contributed by atoms with E-state index < -0.39 is 17.2 Å². The highest BCUT2D eigenvalue weighted by molar-refractivity contribution is 8.00. The first-order valence-electron chi connectivity index (χ1n) is 8.21. The van der Waals surface area contributed by atoms with Crippen LogP contribution in [0, 0.1) is 0 Å². The first kappa shape index (κ1) is 19.9. The van der Waals surface area contributed by atoms with Crippen molar-refractivity contribution in [3.63, 3.8) is 0 Å². The molecule has 2 rings (SSSR count). The smallest absolute Gasteiger partial charge is 0.318 e. The maximum atomic E-state index is 12.9. The second kappa shape index (κ2) is 8.81. The van der Waals surface area contributed by atoms with Gasteiger partial charge < -0.3 is 10.6 Å². The highest BCUT2D eigenvalue weighted by Gasteiger charge is 2.20. The van der Waals surface area contributed by atoms with Crippen molar-refractivity contribution < 1.29 is 9.59 Å². The van der Waals surface area contributed by atoms with E-state index in [9.17, 15) is 14.4 Å². The van der Waals surface area contributed by atoms with Crippen molar-refractivity contribution in [2.24, 2.45) is 5.73 Å². The van der Waals surface area contributed by atoms with E-state index in [0.717, 1.165) is 24.7 Å². The molecule has 1 atom stereocenters. The molecule has 0 unspecified atom stereocenters. The molecule has 8 nitrogen and oxygen atoms in total. The lowest BCUT2D eigenvalue weighted by atomic mass is 10.2. The van der Waals surface area contributed by atoms with Gasteiger partial charge in [0, 0.05) is 6.54 Å². The first-order chi connectivity index (χ1) is 12.3. The van der Waals surface area contributed by atoms with Crippen LogP contribution in [0.1, 0.15) is 13.3 Å². The zero-order valence-electron chi connectivity index (χ0n) is 15.1. The molecule has 3 N–H and O–H groups in total. The van der Waals surface area contributed by atoms with E-state index in [1.54, 1.807) is 29.7 Å². The van der Waals surface area contributed by atoms with Gasteiger partial charge in [0.25, 0.3) is 5.56 Å². The average molecular weight is 377 g/mol. The van der Waals surface area contributed by atoms with Crippen LogP contribution in [0.3, 0.4) is 0 Å². The van der Waals surface area contributed by atoms with Crippen LogP contribution in [0.4, 0.5) is 4.79 Å². The molecule has 2 aromatic rings. The Labute approximate surface area is 155 Å². The van der Waals surface area contributed by atoms with Gasteiger partial charge in [0.05, 0.1) is 16.2 Å². The Kier molecular flexibility index (Phi) is 6.76. The zero-order chi connectivity index (χ0) is 19.3. The van der Waals surface area contributed by atoms with Crippen molar-refractivity contribution in [2.75, 3.05) is 20.6 Å². The van der Waals surface area contributed by atoms with E-state index in [0.29, 0.717) is 22.6 Å². The second-order valence-corrected chi connectivity index (χ2v) is 7.45. The van der Waals surface area contributed by atoms with Crippen LogP contribution in [0.5, 0.6) is 0 Å². The number of urea groups is 1. The average Bonchev–Trinajstić information content (AvgIpc) is 2.56. The van der Waals surface area contributed by atoms with E-state index in [-0.39, 0.29) is 5.56 Å². The van der Waals surface area contributed by atoms with E-state index in [4.69, 9.17) is 5.73 Å². The Morgan fingerprint density at radius 3 is 2.69 bits per heavy atom. The molecular formula is C17H23N5O3S. The molecule has 3 amide bonds. The van der Waals surface area contributed by atoms with Crippen molar-refractivity contribution in [1.82, 2.24) is 19.8 Å². The molecule has 0 spiro atoms. The fourth-order valence-corrected chi connectivity index (χ4v) is 3.35. The highest BCUT2D eigenvalue weighted by Crippen LogP contribution is 2.22. The maximum Gasteiger partial charge on any atom is 0.318 e. The molecule has 0 aliphatic heterocycles.